The van der Waals surface area contributed by atoms with Crippen molar-refractivity contribution in [2.24, 2.45) is 0 Å². The number of rotatable bonds is 7. The third-order valence-electron chi connectivity index (χ3n) is 2.29. The second-order valence-corrected chi connectivity index (χ2v) is 4.61. The largest absolute Gasteiger partial charge is 0.466 e. The van der Waals surface area contributed by atoms with Crippen LogP contribution in [0.25, 0.3) is 0 Å². The van der Waals surface area contributed by atoms with E-state index in [0.717, 1.165) is 19.5 Å². The van der Waals surface area contributed by atoms with Crippen LogP contribution in [0.5, 0.6) is 0 Å². The van der Waals surface area contributed by atoms with E-state index in [9.17, 15) is 4.79 Å². The number of hydrogen-bond donors (Lipinski definition) is 1. The first kappa shape index (κ1) is 13.2. The molecule has 1 N–H and O–H groups in total. The third-order valence-corrected chi connectivity index (χ3v) is 3.32. The lowest BCUT2D eigenvalue weighted by molar-refractivity contribution is -0.143. The Balaban J connectivity index is 2.04. The van der Waals surface area contributed by atoms with Gasteiger partial charge in [0.1, 0.15) is 0 Å². The van der Waals surface area contributed by atoms with Crippen molar-refractivity contribution < 1.29 is 9.53 Å². The van der Waals surface area contributed by atoms with Gasteiger partial charge >= 0.3 is 5.97 Å². The maximum Gasteiger partial charge on any atom is 0.305 e. The Morgan fingerprint density at radius 3 is 3.00 bits per heavy atom. The third kappa shape index (κ3) is 4.77. The maximum atomic E-state index is 11.0. The van der Waals surface area contributed by atoms with Crippen molar-refractivity contribution in [1.29, 1.82) is 0 Å². The Morgan fingerprint density at radius 2 is 2.38 bits per heavy atom. The molecule has 0 aromatic carbocycles. The van der Waals surface area contributed by atoms with Gasteiger partial charge in [-0.15, -0.1) is 11.3 Å². The van der Waals surface area contributed by atoms with Gasteiger partial charge in [-0.2, -0.15) is 0 Å². The van der Waals surface area contributed by atoms with Crippen molar-refractivity contribution in [2.75, 3.05) is 13.2 Å². The van der Waals surface area contributed by atoms with E-state index in [0.29, 0.717) is 13.0 Å². The van der Waals surface area contributed by atoms with Crippen LogP contribution in [0, 0.1) is 6.92 Å². The second-order valence-electron chi connectivity index (χ2n) is 3.61. The molecular weight excluding hydrogens is 222 g/mol. The molecule has 0 fully saturated rings. The number of carbonyl (C=O) groups excluding carboxylic acids is 1. The number of thiophene rings is 1. The Hall–Kier alpha value is -0.870. The predicted octanol–water partition coefficient (Wildman–Crippen LogP) is 2.49. The van der Waals surface area contributed by atoms with E-state index in [4.69, 9.17) is 4.74 Å². The number of esters is 1. The van der Waals surface area contributed by atoms with Gasteiger partial charge in [0.05, 0.1) is 6.61 Å². The van der Waals surface area contributed by atoms with Gasteiger partial charge in [0.15, 0.2) is 0 Å². The van der Waals surface area contributed by atoms with E-state index >= 15 is 0 Å². The minimum Gasteiger partial charge on any atom is -0.466 e. The summed E-state index contributed by atoms with van der Waals surface area (Å²) in [5.41, 5.74) is 1.34. The van der Waals surface area contributed by atoms with Crippen LogP contribution in [0.15, 0.2) is 11.4 Å². The molecule has 0 spiro atoms. The van der Waals surface area contributed by atoms with Crippen molar-refractivity contribution in [1.82, 2.24) is 5.32 Å². The molecule has 0 unspecified atom stereocenters. The number of hydrogen-bond acceptors (Lipinski definition) is 4. The first-order valence-corrected chi connectivity index (χ1v) is 6.51. The normalized spacial score (nSPS) is 10.4. The van der Waals surface area contributed by atoms with Gasteiger partial charge in [-0.3, -0.25) is 4.79 Å². The summed E-state index contributed by atoms with van der Waals surface area (Å²) >= 11 is 1.77. The summed E-state index contributed by atoms with van der Waals surface area (Å²) in [6.45, 7) is 6.17. The van der Waals surface area contributed by atoms with Crippen molar-refractivity contribution in [3.8, 4) is 0 Å². The maximum absolute atomic E-state index is 11.0. The summed E-state index contributed by atoms with van der Waals surface area (Å²) in [4.78, 5) is 12.4. The molecule has 0 atom stereocenters. The van der Waals surface area contributed by atoms with Crippen LogP contribution >= 0.6 is 11.3 Å². The monoisotopic (exact) mass is 241 g/mol. The van der Waals surface area contributed by atoms with E-state index in [1.807, 2.05) is 6.92 Å². The molecule has 4 heteroatoms. The van der Waals surface area contributed by atoms with Crippen LogP contribution in [-0.4, -0.2) is 19.1 Å². The smallest absolute Gasteiger partial charge is 0.305 e. The zero-order chi connectivity index (χ0) is 11.8. The number of carbonyl (C=O) groups is 1. The first-order valence-electron chi connectivity index (χ1n) is 5.63. The standard InChI is InChI=1S/C12H19NO2S/c1-3-15-12(14)5-4-7-13-9-11-10(2)6-8-16-11/h6,8,13H,3-5,7,9H2,1-2H3. The zero-order valence-corrected chi connectivity index (χ0v) is 10.7. The van der Waals surface area contributed by atoms with E-state index < -0.39 is 0 Å². The summed E-state index contributed by atoms with van der Waals surface area (Å²) in [5.74, 6) is -0.100. The molecule has 0 radical (unpaired) electrons. The van der Waals surface area contributed by atoms with Crippen LogP contribution < -0.4 is 5.32 Å². The van der Waals surface area contributed by atoms with E-state index in [-0.39, 0.29) is 5.97 Å². The molecule has 0 amide bonds. The molecule has 1 aromatic heterocycles. The van der Waals surface area contributed by atoms with E-state index in [2.05, 4.69) is 23.7 Å². The molecule has 0 aliphatic heterocycles. The topological polar surface area (TPSA) is 38.3 Å². The fourth-order valence-electron chi connectivity index (χ4n) is 1.38. The molecular formula is C12H19NO2S. The summed E-state index contributed by atoms with van der Waals surface area (Å²) in [5, 5.41) is 5.43. The fourth-order valence-corrected chi connectivity index (χ4v) is 2.25. The minimum atomic E-state index is -0.100. The fraction of sp³-hybridized carbons (Fsp3) is 0.583. The van der Waals surface area contributed by atoms with Crippen LogP contribution in [0.1, 0.15) is 30.2 Å². The highest BCUT2D eigenvalue weighted by molar-refractivity contribution is 7.10. The number of nitrogens with one attached hydrogen (secondary N) is 1. The molecule has 0 aliphatic rings. The van der Waals surface area contributed by atoms with Crippen molar-refractivity contribution in [2.45, 2.75) is 33.2 Å². The molecule has 0 saturated heterocycles. The Morgan fingerprint density at radius 1 is 1.56 bits per heavy atom. The first-order chi connectivity index (χ1) is 7.74. The Labute approximate surface area is 101 Å². The average Bonchev–Trinajstić information content (AvgIpc) is 2.64. The molecule has 90 valence electrons. The van der Waals surface area contributed by atoms with E-state index in [1.54, 1.807) is 11.3 Å². The Bertz CT molecular complexity index is 323. The minimum absolute atomic E-state index is 0.100. The van der Waals surface area contributed by atoms with Crippen molar-refractivity contribution in [3.63, 3.8) is 0 Å². The predicted molar refractivity (Wildman–Crippen MR) is 66.6 cm³/mol. The van der Waals surface area contributed by atoms with Crippen molar-refractivity contribution in [3.05, 3.63) is 21.9 Å². The highest BCUT2D eigenvalue weighted by Crippen LogP contribution is 2.14. The highest BCUT2D eigenvalue weighted by Gasteiger charge is 2.01. The second kappa shape index (κ2) is 7.41. The van der Waals surface area contributed by atoms with Crippen LogP contribution in [0.3, 0.4) is 0 Å². The molecule has 1 rings (SSSR count). The van der Waals surface area contributed by atoms with Gasteiger partial charge < -0.3 is 10.1 Å². The van der Waals surface area contributed by atoms with Gasteiger partial charge in [-0.1, -0.05) is 0 Å². The van der Waals surface area contributed by atoms with Crippen molar-refractivity contribution >= 4 is 17.3 Å². The molecule has 1 aromatic rings. The van der Waals surface area contributed by atoms with Gasteiger partial charge in [-0.05, 0) is 43.8 Å². The van der Waals surface area contributed by atoms with Gasteiger partial charge in [-0.25, -0.2) is 0 Å². The van der Waals surface area contributed by atoms with Gasteiger partial charge in [0, 0.05) is 17.8 Å². The summed E-state index contributed by atoms with van der Waals surface area (Å²) in [6.07, 6.45) is 1.34. The number of aryl methyl sites for hydroxylation is 1. The zero-order valence-electron chi connectivity index (χ0n) is 9.91. The lowest BCUT2D eigenvalue weighted by Gasteiger charge is -2.04. The lowest BCUT2D eigenvalue weighted by Crippen LogP contribution is -2.16. The van der Waals surface area contributed by atoms with Crippen LogP contribution in [0.2, 0.25) is 0 Å². The molecule has 16 heavy (non-hydrogen) atoms. The highest BCUT2D eigenvalue weighted by atomic mass is 32.1. The lowest BCUT2D eigenvalue weighted by atomic mass is 10.3. The quantitative estimate of drug-likeness (QED) is 0.589. The molecule has 0 saturated carbocycles. The number of ether oxygens (including phenoxy) is 1. The van der Waals surface area contributed by atoms with E-state index in [1.165, 1.54) is 10.4 Å². The van der Waals surface area contributed by atoms with Crippen LogP contribution in [-0.2, 0) is 16.1 Å². The summed E-state index contributed by atoms with van der Waals surface area (Å²) in [6, 6.07) is 2.13. The summed E-state index contributed by atoms with van der Waals surface area (Å²) in [7, 11) is 0. The molecule has 3 nitrogen and oxygen atoms in total. The Kier molecular flexibility index (Phi) is 6.11. The van der Waals surface area contributed by atoms with Gasteiger partial charge in [0.2, 0.25) is 0 Å². The van der Waals surface area contributed by atoms with Crippen LogP contribution in [0.4, 0.5) is 0 Å². The molecule has 0 aliphatic carbocycles. The summed E-state index contributed by atoms with van der Waals surface area (Å²) < 4.78 is 4.85. The molecule has 0 bridgehead atoms. The molecule has 1 heterocycles. The van der Waals surface area contributed by atoms with Gasteiger partial charge in [0.25, 0.3) is 0 Å². The SMILES string of the molecule is CCOC(=O)CCCNCc1sccc1C. The average molecular weight is 241 g/mol.